The summed E-state index contributed by atoms with van der Waals surface area (Å²) in [4.78, 5) is 17.9. The van der Waals surface area contributed by atoms with Crippen LogP contribution in [0.2, 0.25) is 0 Å². The lowest BCUT2D eigenvalue weighted by molar-refractivity contribution is -0.131. The Bertz CT molecular complexity index is 567. The number of hydrogen-bond donors (Lipinski definition) is 1. The molecule has 2 rings (SSSR count). The minimum atomic E-state index is -0.491. The number of nitrogens with two attached hydrogens (primary N) is 1. The highest BCUT2D eigenvalue weighted by atomic mass is 35.5. The minimum Gasteiger partial charge on any atom is -0.344 e. The van der Waals surface area contributed by atoms with Crippen LogP contribution in [0.4, 0.5) is 0 Å². The van der Waals surface area contributed by atoms with Crippen LogP contribution in [0.3, 0.4) is 0 Å². The van der Waals surface area contributed by atoms with Gasteiger partial charge in [0.2, 0.25) is 5.91 Å². The maximum Gasteiger partial charge on any atom is 0.239 e. The van der Waals surface area contributed by atoms with Crippen LogP contribution in [-0.4, -0.2) is 35.4 Å². The number of amides is 1. The Morgan fingerprint density at radius 1 is 1.09 bits per heavy atom. The van der Waals surface area contributed by atoms with Gasteiger partial charge in [-0.1, -0.05) is 30.3 Å². The number of rotatable bonds is 6. The SMILES string of the molecule is CN(CCc1ccncc1)C(=O)C(N)Cc1ccccc1.Cl.Cl. The van der Waals surface area contributed by atoms with Crippen LogP contribution in [-0.2, 0) is 17.6 Å². The molecule has 1 atom stereocenters. The number of halogens is 2. The lowest BCUT2D eigenvalue weighted by Crippen LogP contribution is -2.43. The van der Waals surface area contributed by atoms with E-state index in [-0.39, 0.29) is 30.7 Å². The van der Waals surface area contributed by atoms with Gasteiger partial charge in [-0.15, -0.1) is 24.8 Å². The zero-order valence-corrected chi connectivity index (χ0v) is 14.7. The maximum atomic E-state index is 12.3. The molecule has 0 saturated heterocycles. The van der Waals surface area contributed by atoms with Crippen LogP contribution in [0.25, 0.3) is 0 Å². The third-order valence-electron chi connectivity index (χ3n) is 3.48. The second-order valence-corrected chi connectivity index (χ2v) is 5.16. The summed E-state index contributed by atoms with van der Waals surface area (Å²) in [5.41, 5.74) is 8.27. The Hall–Kier alpha value is -1.62. The van der Waals surface area contributed by atoms with Crippen molar-refractivity contribution in [2.24, 2.45) is 5.73 Å². The third kappa shape index (κ3) is 6.99. The van der Waals surface area contributed by atoms with Gasteiger partial charge in [-0.3, -0.25) is 9.78 Å². The van der Waals surface area contributed by atoms with Gasteiger partial charge in [0.25, 0.3) is 0 Å². The van der Waals surface area contributed by atoms with E-state index in [0.717, 1.165) is 12.0 Å². The monoisotopic (exact) mass is 355 g/mol. The van der Waals surface area contributed by atoms with Crippen LogP contribution in [0.1, 0.15) is 11.1 Å². The molecule has 0 aliphatic carbocycles. The summed E-state index contributed by atoms with van der Waals surface area (Å²) in [5, 5.41) is 0. The molecule has 0 saturated carbocycles. The van der Waals surface area contributed by atoms with Crippen LogP contribution in [0, 0.1) is 0 Å². The van der Waals surface area contributed by atoms with E-state index >= 15 is 0 Å². The molecule has 0 spiro atoms. The lowest BCUT2D eigenvalue weighted by atomic mass is 10.1. The summed E-state index contributed by atoms with van der Waals surface area (Å²) in [6.07, 6.45) is 4.90. The van der Waals surface area contributed by atoms with Crippen molar-refractivity contribution >= 4 is 30.7 Å². The van der Waals surface area contributed by atoms with E-state index in [1.807, 2.05) is 42.5 Å². The molecule has 1 unspecified atom stereocenters. The van der Waals surface area contributed by atoms with Crippen LogP contribution < -0.4 is 5.73 Å². The Labute approximate surface area is 149 Å². The van der Waals surface area contributed by atoms with E-state index in [9.17, 15) is 4.79 Å². The van der Waals surface area contributed by atoms with Crippen molar-refractivity contribution in [2.75, 3.05) is 13.6 Å². The van der Waals surface area contributed by atoms with Crippen molar-refractivity contribution in [1.29, 1.82) is 0 Å². The van der Waals surface area contributed by atoms with E-state index in [1.165, 1.54) is 5.56 Å². The highest BCUT2D eigenvalue weighted by Gasteiger charge is 2.18. The fourth-order valence-corrected chi connectivity index (χ4v) is 2.19. The number of hydrogen-bond acceptors (Lipinski definition) is 3. The van der Waals surface area contributed by atoms with Crippen LogP contribution in [0.5, 0.6) is 0 Å². The Morgan fingerprint density at radius 2 is 1.70 bits per heavy atom. The first kappa shape index (κ1) is 21.4. The number of aromatic nitrogens is 1. The number of carbonyl (C=O) groups excluding carboxylic acids is 1. The largest absolute Gasteiger partial charge is 0.344 e. The Balaban J connectivity index is 0.00000242. The minimum absolute atomic E-state index is 0. The molecular weight excluding hydrogens is 333 g/mol. The molecule has 2 N–H and O–H groups in total. The highest BCUT2D eigenvalue weighted by Crippen LogP contribution is 2.05. The maximum absolute atomic E-state index is 12.3. The van der Waals surface area contributed by atoms with Gasteiger partial charge in [0.15, 0.2) is 0 Å². The van der Waals surface area contributed by atoms with Gasteiger partial charge in [0, 0.05) is 26.0 Å². The topological polar surface area (TPSA) is 59.2 Å². The van der Waals surface area contributed by atoms with Crippen LogP contribution >= 0.6 is 24.8 Å². The average Bonchev–Trinajstić information content (AvgIpc) is 2.53. The number of nitrogens with zero attached hydrogens (tertiary/aromatic N) is 2. The van der Waals surface area contributed by atoms with Crippen molar-refractivity contribution in [3.8, 4) is 0 Å². The molecule has 1 aromatic heterocycles. The predicted molar refractivity (Wildman–Crippen MR) is 98.2 cm³/mol. The second-order valence-electron chi connectivity index (χ2n) is 5.16. The van der Waals surface area contributed by atoms with Gasteiger partial charge in [-0.05, 0) is 36.1 Å². The first-order valence-electron chi connectivity index (χ1n) is 7.10. The van der Waals surface area contributed by atoms with E-state index in [4.69, 9.17) is 5.73 Å². The smallest absolute Gasteiger partial charge is 0.239 e. The molecule has 4 nitrogen and oxygen atoms in total. The number of carbonyl (C=O) groups is 1. The molecule has 0 aliphatic heterocycles. The molecule has 6 heteroatoms. The predicted octanol–water partition coefficient (Wildman–Crippen LogP) is 2.50. The van der Waals surface area contributed by atoms with Crippen LogP contribution in [0.15, 0.2) is 54.9 Å². The first-order chi connectivity index (χ1) is 10.2. The summed E-state index contributed by atoms with van der Waals surface area (Å²) in [6, 6.07) is 13.3. The second kappa shape index (κ2) is 11.0. The fraction of sp³-hybridized carbons (Fsp3) is 0.294. The number of benzene rings is 1. The van der Waals surface area contributed by atoms with Gasteiger partial charge >= 0.3 is 0 Å². The van der Waals surface area contributed by atoms with E-state index in [2.05, 4.69) is 4.98 Å². The molecule has 2 aromatic rings. The summed E-state index contributed by atoms with van der Waals surface area (Å²) in [5.74, 6) is -0.0205. The van der Waals surface area contributed by atoms with Gasteiger partial charge in [0.1, 0.15) is 0 Å². The molecule has 1 heterocycles. The molecule has 0 aliphatic rings. The molecule has 126 valence electrons. The van der Waals surface area contributed by atoms with Crippen molar-refractivity contribution < 1.29 is 4.79 Å². The first-order valence-corrected chi connectivity index (χ1v) is 7.10. The standard InChI is InChI=1S/C17H21N3O.2ClH/c1-20(12-9-14-7-10-19-11-8-14)17(21)16(18)13-15-5-3-2-4-6-15;;/h2-8,10-11,16H,9,12-13,18H2,1H3;2*1H. The molecule has 23 heavy (non-hydrogen) atoms. The Kier molecular flexibility index (Phi) is 10.2. The van der Waals surface area contributed by atoms with Crippen molar-refractivity contribution in [2.45, 2.75) is 18.9 Å². The lowest BCUT2D eigenvalue weighted by Gasteiger charge is -2.21. The molecule has 0 fully saturated rings. The molecule has 1 aromatic carbocycles. The fourth-order valence-electron chi connectivity index (χ4n) is 2.19. The summed E-state index contributed by atoms with van der Waals surface area (Å²) in [6.45, 7) is 0.658. The van der Waals surface area contributed by atoms with Gasteiger partial charge in [0.05, 0.1) is 6.04 Å². The molecule has 0 bridgehead atoms. The van der Waals surface area contributed by atoms with E-state index in [0.29, 0.717) is 13.0 Å². The van der Waals surface area contributed by atoms with Gasteiger partial charge < -0.3 is 10.6 Å². The Morgan fingerprint density at radius 3 is 2.30 bits per heavy atom. The van der Waals surface area contributed by atoms with E-state index < -0.39 is 6.04 Å². The number of likely N-dealkylation sites (N-methyl/N-ethyl adjacent to an activating group) is 1. The molecular formula is C17H23Cl2N3O. The van der Waals surface area contributed by atoms with E-state index in [1.54, 1.807) is 24.3 Å². The zero-order chi connectivity index (χ0) is 15.1. The van der Waals surface area contributed by atoms with Crippen molar-refractivity contribution in [1.82, 2.24) is 9.88 Å². The normalized spacial score (nSPS) is 10.9. The summed E-state index contributed by atoms with van der Waals surface area (Å²) in [7, 11) is 1.80. The number of pyridine rings is 1. The van der Waals surface area contributed by atoms with Crippen molar-refractivity contribution in [3.63, 3.8) is 0 Å². The van der Waals surface area contributed by atoms with Gasteiger partial charge in [-0.25, -0.2) is 0 Å². The van der Waals surface area contributed by atoms with Crippen molar-refractivity contribution in [3.05, 3.63) is 66.0 Å². The third-order valence-corrected chi connectivity index (χ3v) is 3.48. The molecule has 0 radical (unpaired) electrons. The van der Waals surface area contributed by atoms with Gasteiger partial charge in [-0.2, -0.15) is 0 Å². The average molecular weight is 356 g/mol. The quantitative estimate of drug-likeness (QED) is 0.865. The highest BCUT2D eigenvalue weighted by molar-refractivity contribution is 5.85. The summed E-state index contributed by atoms with van der Waals surface area (Å²) >= 11 is 0. The molecule has 1 amide bonds. The summed E-state index contributed by atoms with van der Waals surface area (Å²) < 4.78 is 0. The zero-order valence-electron chi connectivity index (χ0n) is 13.1.